The minimum atomic E-state index is 0.451. The smallest absolute Gasteiger partial charge is 0.130 e. The van der Waals surface area contributed by atoms with Gasteiger partial charge in [-0.3, -0.25) is 0 Å². The molecule has 1 aliphatic rings. The predicted molar refractivity (Wildman–Crippen MR) is 62.3 cm³/mol. The molecule has 2 aromatic carbocycles. The van der Waals surface area contributed by atoms with Crippen LogP contribution in [-0.2, 0) is 0 Å². The van der Waals surface area contributed by atoms with Gasteiger partial charge < -0.3 is 10.5 Å². The molecule has 0 fully saturated rings. The summed E-state index contributed by atoms with van der Waals surface area (Å²) in [5.74, 6) is 1.47. The van der Waals surface area contributed by atoms with E-state index >= 15 is 0 Å². The largest absolute Gasteiger partial charge is 0.492 e. The van der Waals surface area contributed by atoms with Crippen LogP contribution in [0.1, 0.15) is 18.4 Å². The van der Waals surface area contributed by atoms with Gasteiger partial charge in [0.05, 0.1) is 6.61 Å². The molecule has 2 aromatic rings. The third kappa shape index (κ3) is 1.11. The molecule has 76 valence electrons. The molecule has 2 N–H and O–H groups in total. The molecule has 2 nitrogen and oxygen atoms in total. The predicted octanol–water partition coefficient (Wildman–Crippen LogP) is 2.92. The maximum Gasteiger partial charge on any atom is 0.130 e. The third-order valence-corrected chi connectivity index (χ3v) is 3.06. The van der Waals surface area contributed by atoms with E-state index in [-0.39, 0.29) is 0 Å². The second kappa shape index (κ2) is 2.89. The zero-order chi connectivity index (χ0) is 10.4. The van der Waals surface area contributed by atoms with Crippen molar-refractivity contribution in [1.82, 2.24) is 0 Å². The maximum absolute atomic E-state index is 6.04. The number of hydrogen-bond donors (Lipinski definition) is 1. The van der Waals surface area contributed by atoms with Gasteiger partial charge in [-0.2, -0.15) is 0 Å². The SMILES string of the molecule is CC1COc2c1cc(N)c1ccccc21. The van der Waals surface area contributed by atoms with Crippen molar-refractivity contribution >= 4 is 16.5 Å². The Bertz CT molecular complexity index is 533. The summed E-state index contributed by atoms with van der Waals surface area (Å²) in [6.45, 7) is 2.93. The highest BCUT2D eigenvalue weighted by atomic mass is 16.5. The van der Waals surface area contributed by atoms with Gasteiger partial charge in [0.25, 0.3) is 0 Å². The molecule has 15 heavy (non-hydrogen) atoms. The Hall–Kier alpha value is -1.70. The van der Waals surface area contributed by atoms with Crippen LogP contribution in [0.5, 0.6) is 5.75 Å². The Morgan fingerprint density at radius 2 is 2.00 bits per heavy atom. The zero-order valence-corrected chi connectivity index (χ0v) is 8.66. The van der Waals surface area contributed by atoms with Crippen molar-refractivity contribution in [2.45, 2.75) is 12.8 Å². The molecule has 0 amide bonds. The van der Waals surface area contributed by atoms with E-state index in [1.54, 1.807) is 0 Å². The van der Waals surface area contributed by atoms with Crippen molar-refractivity contribution in [3.63, 3.8) is 0 Å². The minimum absolute atomic E-state index is 0.451. The molecule has 1 aliphatic heterocycles. The van der Waals surface area contributed by atoms with Gasteiger partial charge in [-0.25, -0.2) is 0 Å². The van der Waals surface area contributed by atoms with Gasteiger partial charge in [0.2, 0.25) is 0 Å². The molecule has 1 heterocycles. The topological polar surface area (TPSA) is 35.2 Å². The number of rotatable bonds is 0. The summed E-state index contributed by atoms with van der Waals surface area (Å²) in [4.78, 5) is 0. The van der Waals surface area contributed by atoms with Crippen molar-refractivity contribution in [2.24, 2.45) is 0 Å². The van der Waals surface area contributed by atoms with E-state index in [1.165, 1.54) is 5.56 Å². The number of anilines is 1. The van der Waals surface area contributed by atoms with Gasteiger partial charge in [0.1, 0.15) is 5.75 Å². The summed E-state index contributed by atoms with van der Waals surface area (Å²) in [5.41, 5.74) is 8.13. The molecule has 0 saturated heterocycles. The highest BCUT2D eigenvalue weighted by Crippen LogP contribution is 2.41. The molecule has 0 aromatic heterocycles. The lowest BCUT2D eigenvalue weighted by Crippen LogP contribution is -1.93. The van der Waals surface area contributed by atoms with Gasteiger partial charge in [0, 0.05) is 27.9 Å². The Morgan fingerprint density at radius 1 is 1.27 bits per heavy atom. The van der Waals surface area contributed by atoms with E-state index in [2.05, 4.69) is 19.1 Å². The zero-order valence-electron chi connectivity index (χ0n) is 8.66. The molecule has 2 heteroatoms. The summed E-state index contributed by atoms with van der Waals surface area (Å²) in [6.07, 6.45) is 0. The number of ether oxygens (including phenoxy) is 1. The van der Waals surface area contributed by atoms with Crippen LogP contribution in [0.4, 0.5) is 5.69 Å². The monoisotopic (exact) mass is 199 g/mol. The summed E-state index contributed by atoms with van der Waals surface area (Å²) < 4.78 is 5.72. The van der Waals surface area contributed by atoms with Crippen LogP contribution in [0.25, 0.3) is 10.8 Å². The number of nitrogen functional groups attached to an aromatic ring is 1. The lowest BCUT2D eigenvalue weighted by Gasteiger charge is -2.08. The van der Waals surface area contributed by atoms with E-state index in [4.69, 9.17) is 10.5 Å². The Labute approximate surface area is 88.7 Å². The van der Waals surface area contributed by atoms with Crippen LogP contribution < -0.4 is 10.5 Å². The Balaban J connectivity index is 2.43. The first-order valence-corrected chi connectivity index (χ1v) is 5.21. The van der Waals surface area contributed by atoms with Gasteiger partial charge in [-0.1, -0.05) is 31.2 Å². The molecule has 0 radical (unpaired) electrons. The van der Waals surface area contributed by atoms with Crippen LogP contribution in [0.3, 0.4) is 0 Å². The van der Waals surface area contributed by atoms with E-state index < -0.39 is 0 Å². The van der Waals surface area contributed by atoms with E-state index in [1.807, 2.05) is 18.2 Å². The van der Waals surface area contributed by atoms with Crippen LogP contribution in [0.2, 0.25) is 0 Å². The number of benzene rings is 2. The number of fused-ring (bicyclic) bond motifs is 3. The fourth-order valence-corrected chi connectivity index (χ4v) is 2.22. The first-order chi connectivity index (χ1) is 7.27. The summed E-state index contributed by atoms with van der Waals surface area (Å²) in [5, 5.41) is 2.22. The van der Waals surface area contributed by atoms with E-state index in [0.29, 0.717) is 5.92 Å². The first kappa shape index (κ1) is 8.60. The molecule has 0 saturated carbocycles. The molecule has 3 rings (SSSR count). The highest BCUT2D eigenvalue weighted by molar-refractivity contribution is 5.98. The molecule has 1 unspecified atom stereocenters. The minimum Gasteiger partial charge on any atom is -0.492 e. The average Bonchev–Trinajstić information content (AvgIpc) is 2.62. The first-order valence-electron chi connectivity index (χ1n) is 5.21. The van der Waals surface area contributed by atoms with Crippen molar-refractivity contribution < 1.29 is 4.74 Å². The number of hydrogen-bond acceptors (Lipinski definition) is 2. The normalized spacial score (nSPS) is 18.9. The second-order valence-corrected chi connectivity index (χ2v) is 4.14. The number of nitrogens with two attached hydrogens (primary N) is 1. The standard InChI is InChI=1S/C13H13NO/c1-8-7-15-13-10-5-3-2-4-9(10)12(14)6-11(8)13/h2-6,8H,7,14H2,1H3. The molecule has 0 bridgehead atoms. The quantitative estimate of drug-likeness (QED) is 0.662. The van der Waals surface area contributed by atoms with Crippen molar-refractivity contribution in [3.05, 3.63) is 35.9 Å². The van der Waals surface area contributed by atoms with Gasteiger partial charge in [-0.15, -0.1) is 0 Å². The van der Waals surface area contributed by atoms with Crippen molar-refractivity contribution in [1.29, 1.82) is 0 Å². The molecule has 0 spiro atoms. The fraction of sp³-hybridized carbons (Fsp3) is 0.231. The summed E-state index contributed by atoms with van der Waals surface area (Å²) in [6, 6.07) is 10.2. The summed E-state index contributed by atoms with van der Waals surface area (Å²) >= 11 is 0. The Morgan fingerprint density at radius 3 is 2.80 bits per heavy atom. The highest BCUT2D eigenvalue weighted by Gasteiger charge is 2.23. The molecular weight excluding hydrogens is 186 g/mol. The molecule has 0 aliphatic carbocycles. The van der Waals surface area contributed by atoms with E-state index in [9.17, 15) is 0 Å². The van der Waals surface area contributed by atoms with Crippen LogP contribution in [0, 0.1) is 0 Å². The second-order valence-electron chi connectivity index (χ2n) is 4.14. The van der Waals surface area contributed by atoms with E-state index in [0.717, 1.165) is 28.8 Å². The molecule has 1 atom stereocenters. The van der Waals surface area contributed by atoms with Crippen molar-refractivity contribution in [3.8, 4) is 5.75 Å². The maximum atomic E-state index is 6.04. The Kier molecular flexibility index (Phi) is 1.66. The van der Waals surface area contributed by atoms with Gasteiger partial charge >= 0.3 is 0 Å². The van der Waals surface area contributed by atoms with Gasteiger partial charge in [0.15, 0.2) is 0 Å². The van der Waals surface area contributed by atoms with Crippen molar-refractivity contribution in [2.75, 3.05) is 12.3 Å². The lowest BCUT2D eigenvalue weighted by molar-refractivity contribution is 0.340. The van der Waals surface area contributed by atoms with Gasteiger partial charge in [-0.05, 0) is 6.07 Å². The third-order valence-electron chi connectivity index (χ3n) is 3.06. The van der Waals surface area contributed by atoms with Crippen LogP contribution in [0.15, 0.2) is 30.3 Å². The summed E-state index contributed by atoms with van der Waals surface area (Å²) in [7, 11) is 0. The van der Waals surface area contributed by atoms with Crippen LogP contribution in [-0.4, -0.2) is 6.61 Å². The lowest BCUT2D eigenvalue weighted by atomic mass is 9.98. The fourth-order valence-electron chi connectivity index (χ4n) is 2.22. The molecular formula is C13H13NO. The average molecular weight is 199 g/mol. The van der Waals surface area contributed by atoms with Crippen LogP contribution >= 0.6 is 0 Å².